The standard InChI is InChI=1S/C9H5Cl2N3/c10-7-3-6-5-13-14(2-1-12)9(6)4-8(7)11/h3-5H,2H2. The minimum absolute atomic E-state index is 0.210. The highest BCUT2D eigenvalue weighted by molar-refractivity contribution is 6.42. The smallest absolute Gasteiger partial charge is 0.128 e. The summed E-state index contributed by atoms with van der Waals surface area (Å²) in [6.45, 7) is 0.210. The first-order valence-electron chi connectivity index (χ1n) is 3.90. The number of hydrogen-bond acceptors (Lipinski definition) is 2. The summed E-state index contributed by atoms with van der Waals surface area (Å²) in [4.78, 5) is 0. The first-order valence-corrected chi connectivity index (χ1v) is 4.65. The van der Waals surface area contributed by atoms with Gasteiger partial charge in [0.05, 0.1) is 27.8 Å². The third-order valence-corrected chi connectivity index (χ3v) is 2.63. The topological polar surface area (TPSA) is 41.6 Å². The van der Waals surface area contributed by atoms with Gasteiger partial charge in [0, 0.05) is 5.39 Å². The van der Waals surface area contributed by atoms with Gasteiger partial charge in [-0.25, -0.2) is 0 Å². The Morgan fingerprint density at radius 1 is 1.36 bits per heavy atom. The molecule has 0 radical (unpaired) electrons. The fourth-order valence-corrected chi connectivity index (χ4v) is 1.60. The number of hydrogen-bond donors (Lipinski definition) is 0. The second-order valence-corrected chi connectivity index (χ2v) is 3.60. The number of nitrogens with zero attached hydrogens (tertiary/aromatic N) is 3. The highest BCUT2D eigenvalue weighted by Crippen LogP contribution is 2.27. The third kappa shape index (κ3) is 1.43. The van der Waals surface area contributed by atoms with Crippen LogP contribution in [0.1, 0.15) is 0 Å². The maximum absolute atomic E-state index is 8.55. The van der Waals surface area contributed by atoms with Crippen molar-refractivity contribution in [3.8, 4) is 6.07 Å². The van der Waals surface area contributed by atoms with Crippen molar-refractivity contribution in [2.45, 2.75) is 6.54 Å². The van der Waals surface area contributed by atoms with E-state index in [1.807, 2.05) is 6.07 Å². The Balaban J connectivity index is 2.69. The fraction of sp³-hybridized carbons (Fsp3) is 0.111. The van der Waals surface area contributed by atoms with Gasteiger partial charge in [-0.15, -0.1) is 0 Å². The lowest BCUT2D eigenvalue weighted by atomic mass is 10.2. The van der Waals surface area contributed by atoms with E-state index in [-0.39, 0.29) is 6.54 Å². The number of benzene rings is 1. The zero-order valence-corrected chi connectivity index (χ0v) is 8.55. The van der Waals surface area contributed by atoms with Crippen LogP contribution in [0, 0.1) is 11.3 Å². The molecule has 0 aliphatic heterocycles. The molecular formula is C9H5Cl2N3. The molecule has 2 aromatic rings. The highest BCUT2D eigenvalue weighted by atomic mass is 35.5. The molecule has 1 aromatic heterocycles. The van der Waals surface area contributed by atoms with Gasteiger partial charge in [0.2, 0.25) is 0 Å². The molecule has 5 heteroatoms. The van der Waals surface area contributed by atoms with E-state index in [1.54, 1.807) is 23.0 Å². The molecule has 0 N–H and O–H groups in total. The second-order valence-electron chi connectivity index (χ2n) is 2.79. The summed E-state index contributed by atoms with van der Waals surface area (Å²) in [5, 5.41) is 14.4. The van der Waals surface area contributed by atoms with Crippen LogP contribution in [0.25, 0.3) is 10.9 Å². The molecule has 2 rings (SSSR count). The van der Waals surface area contributed by atoms with Gasteiger partial charge in [-0.1, -0.05) is 23.2 Å². The molecule has 0 saturated heterocycles. The predicted molar refractivity (Wildman–Crippen MR) is 55.4 cm³/mol. The maximum atomic E-state index is 8.55. The average Bonchev–Trinajstić information content (AvgIpc) is 2.51. The van der Waals surface area contributed by atoms with Crippen LogP contribution in [0.5, 0.6) is 0 Å². The van der Waals surface area contributed by atoms with E-state index in [0.717, 1.165) is 10.9 Å². The van der Waals surface area contributed by atoms with E-state index < -0.39 is 0 Å². The molecule has 0 fully saturated rings. The molecule has 0 unspecified atom stereocenters. The van der Waals surface area contributed by atoms with Crippen LogP contribution in [0.3, 0.4) is 0 Å². The molecule has 70 valence electrons. The van der Waals surface area contributed by atoms with E-state index in [4.69, 9.17) is 28.5 Å². The monoisotopic (exact) mass is 225 g/mol. The zero-order chi connectivity index (χ0) is 10.1. The summed E-state index contributed by atoms with van der Waals surface area (Å²) in [6, 6.07) is 5.47. The molecule has 0 aliphatic rings. The summed E-state index contributed by atoms with van der Waals surface area (Å²) >= 11 is 11.7. The van der Waals surface area contributed by atoms with Crippen LogP contribution in [0.2, 0.25) is 10.0 Å². The Morgan fingerprint density at radius 2 is 2.07 bits per heavy atom. The minimum Gasteiger partial charge on any atom is -0.251 e. The largest absolute Gasteiger partial charge is 0.251 e. The van der Waals surface area contributed by atoms with Crippen molar-refractivity contribution in [3.05, 3.63) is 28.4 Å². The van der Waals surface area contributed by atoms with Crippen LogP contribution in [0.4, 0.5) is 0 Å². The number of rotatable bonds is 1. The summed E-state index contributed by atoms with van der Waals surface area (Å²) in [7, 11) is 0. The van der Waals surface area contributed by atoms with E-state index in [0.29, 0.717) is 10.0 Å². The summed E-state index contributed by atoms with van der Waals surface area (Å²) in [5.74, 6) is 0. The molecule has 1 heterocycles. The summed E-state index contributed by atoms with van der Waals surface area (Å²) < 4.78 is 1.58. The van der Waals surface area contributed by atoms with E-state index in [1.165, 1.54) is 0 Å². The third-order valence-electron chi connectivity index (χ3n) is 1.90. The van der Waals surface area contributed by atoms with Crippen molar-refractivity contribution in [3.63, 3.8) is 0 Å². The molecule has 1 aromatic carbocycles. The lowest BCUT2D eigenvalue weighted by Crippen LogP contribution is -1.96. The van der Waals surface area contributed by atoms with Crippen molar-refractivity contribution in [1.29, 1.82) is 5.26 Å². The van der Waals surface area contributed by atoms with Gasteiger partial charge in [-0.3, -0.25) is 4.68 Å². The van der Waals surface area contributed by atoms with E-state index in [2.05, 4.69) is 5.10 Å². The predicted octanol–water partition coefficient (Wildman–Crippen LogP) is 2.87. The molecule has 0 amide bonds. The molecule has 0 bridgehead atoms. The Labute approximate surface area is 90.4 Å². The van der Waals surface area contributed by atoms with Gasteiger partial charge < -0.3 is 0 Å². The number of aromatic nitrogens is 2. The number of halogens is 2. The van der Waals surface area contributed by atoms with Crippen LogP contribution in [-0.2, 0) is 6.54 Å². The normalized spacial score (nSPS) is 10.4. The van der Waals surface area contributed by atoms with Crippen molar-refractivity contribution in [2.24, 2.45) is 0 Å². The van der Waals surface area contributed by atoms with Gasteiger partial charge >= 0.3 is 0 Å². The summed E-state index contributed by atoms with van der Waals surface area (Å²) in [6.07, 6.45) is 1.66. The number of nitriles is 1. The molecule has 0 atom stereocenters. The fourth-order valence-electron chi connectivity index (χ4n) is 1.27. The van der Waals surface area contributed by atoms with Crippen LogP contribution in [-0.4, -0.2) is 9.78 Å². The lowest BCUT2D eigenvalue weighted by molar-refractivity contribution is 0.736. The van der Waals surface area contributed by atoms with Crippen molar-refractivity contribution in [2.75, 3.05) is 0 Å². The van der Waals surface area contributed by atoms with Gasteiger partial charge in [-0.05, 0) is 12.1 Å². The first-order chi connectivity index (χ1) is 6.72. The lowest BCUT2D eigenvalue weighted by Gasteiger charge is -1.98. The highest BCUT2D eigenvalue weighted by Gasteiger charge is 2.05. The molecule has 0 saturated carbocycles. The second kappa shape index (κ2) is 3.49. The Morgan fingerprint density at radius 3 is 2.79 bits per heavy atom. The number of fused-ring (bicyclic) bond motifs is 1. The van der Waals surface area contributed by atoms with Crippen molar-refractivity contribution < 1.29 is 0 Å². The molecule has 14 heavy (non-hydrogen) atoms. The molecule has 0 aliphatic carbocycles. The summed E-state index contributed by atoms with van der Waals surface area (Å²) in [5.41, 5.74) is 0.820. The van der Waals surface area contributed by atoms with Crippen LogP contribution < -0.4 is 0 Å². The zero-order valence-electron chi connectivity index (χ0n) is 7.04. The van der Waals surface area contributed by atoms with Gasteiger partial charge in [0.15, 0.2) is 0 Å². The Kier molecular flexibility index (Phi) is 2.32. The van der Waals surface area contributed by atoms with Gasteiger partial charge in [-0.2, -0.15) is 10.4 Å². The molecular weight excluding hydrogens is 221 g/mol. The average molecular weight is 226 g/mol. The van der Waals surface area contributed by atoms with Gasteiger partial charge in [0.25, 0.3) is 0 Å². The van der Waals surface area contributed by atoms with Crippen molar-refractivity contribution >= 4 is 34.1 Å². The van der Waals surface area contributed by atoms with Crippen molar-refractivity contribution in [1.82, 2.24) is 9.78 Å². The SMILES string of the molecule is N#CCn1ncc2cc(Cl)c(Cl)cc21. The maximum Gasteiger partial charge on any atom is 0.128 e. The minimum atomic E-state index is 0.210. The van der Waals surface area contributed by atoms with E-state index in [9.17, 15) is 0 Å². The molecule has 0 spiro atoms. The van der Waals surface area contributed by atoms with Crippen LogP contribution in [0.15, 0.2) is 18.3 Å². The Hall–Kier alpha value is -1.24. The van der Waals surface area contributed by atoms with Gasteiger partial charge in [0.1, 0.15) is 6.54 Å². The quantitative estimate of drug-likeness (QED) is 0.750. The van der Waals surface area contributed by atoms with E-state index >= 15 is 0 Å². The molecule has 3 nitrogen and oxygen atoms in total. The van der Waals surface area contributed by atoms with Crippen LogP contribution >= 0.6 is 23.2 Å². The first kappa shape index (κ1) is 9.32. The Bertz CT molecular complexity index is 525.